The highest BCUT2D eigenvalue weighted by atomic mass is 16.5. The first-order chi connectivity index (χ1) is 8.30. The summed E-state index contributed by atoms with van der Waals surface area (Å²) in [6, 6.07) is 2.05. The molecule has 1 aromatic rings. The van der Waals surface area contributed by atoms with E-state index < -0.39 is 0 Å². The van der Waals surface area contributed by atoms with Gasteiger partial charge in [0.15, 0.2) is 0 Å². The van der Waals surface area contributed by atoms with Crippen molar-refractivity contribution in [3.8, 4) is 0 Å². The van der Waals surface area contributed by atoms with Gasteiger partial charge in [-0.1, -0.05) is 20.3 Å². The number of nitrogens with zero attached hydrogens (tertiary/aromatic N) is 2. The van der Waals surface area contributed by atoms with Gasteiger partial charge in [0.25, 0.3) is 0 Å². The molecule has 0 aliphatic carbocycles. The van der Waals surface area contributed by atoms with Gasteiger partial charge < -0.3 is 10.1 Å². The van der Waals surface area contributed by atoms with Crippen molar-refractivity contribution in [1.82, 2.24) is 9.97 Å². The van der Waals surface area contributed by atoms with Crippen LogP contribution in [-0.4, -0.2) is 30.2 Å². The van der Waals surface area contributed by atoms with Gasteiger partial charge in [0.05, 0.1) is 6.61 Å². The first-order valence-corrected chi connectivity index (χ1v) is 6.39. The summed E-state index contributed by atoms with van der Waals surface area (Å²) in [7, 11) is 1.70. The second-order valence-electron chi connectivity index (χ2n) is 4.08. The van der Waals surface area contributed by atoms with Gasteiger partial charge in [-0.15, -0.1) is 0 Å². The Hall–Kier alpha value is -1.16. The molecule has 0 aliphatic rings. The highest BCUT2D eigenvalue weighted by molar-refractivity contribution is 5.36. The minimum Gasteiger partial charge on any atom is -0.384 e. The van der Waals surface area contributed by atoms with E-state index in [2.05, 4.69) is 35.2 Å². The summed E-state index contributed by atoms with van der Waals surface area (Å²) in [6.45, 7) is 5.93. The summed E-state index contributed by atoms with van der Waals surface area (Å²) in [5, 5.41) is 3.32. The molecule has 4 nitrogen and oxygen atoms in total. The van der Waals surface area contributed by atoms with Crippen molar-refractivity contribution in [3.05, 3.63) is 17.6 Å². The molecule has 1 aromatic heterocycles. The molecular weight excluding hydrogens is 214 g/mol. The summed E-state index contributed by atoms with van der Waals surface area (Å²) in [5.74, 6) is 1.81. The van der Waals surface area contributed by atoms with Gasteiger partial charge in [0.1, 0.15) is 11.6 Å². The Morgan fingerprint density at radius 1 is 1.18 bits per heavy atom. The van der Waals surface area contributed by atoms with Crippen LogP contribution >= 0.6 is 0 Å². The zero-order valence-electron chi connectivity index (χ0n) is 11.1. The molecule has 0 amide bonds. The molecule has 17 heavy (non-hydrogen) atoms. The van der Waals surface area contributed by atoms with Crippen LogP contribution in [0.15, 0.2) is 6.07 Å². The third-order valence-corrected chi connectivity index (χ3v) is 2.42. The predicted molar refractivity (Wildman–Crippen MR) is 70.4 cm³/mol. The second kappa shape index (κ2) is 8.01. The molecule has 0 saturated carbocycles. The summed E-state index contributed by atoms with van der Waals surface area (Å²) >= 11 is 0. The number of methoxy groups -OCH3 is 1. The van der Waals surface area contributed by atoms with E-state index in [0.717, 1.165) is 49.6 Å². The Morgan fingerprint density at radius 3 is 2.65 bits per heavy atom. The average molecular weight is 237 g/mol. The van der Waals surface area contributed by atoms with Gasteiger partial charge in [0.2, 0.25) is 0 Å². The summed E-state index contributed by atoms with van der Waals surface area (Å²) in [4.78, 5) is 9.03. The topological polar surface area (TPSA) is 47.0 Å². The number of aromatic nitrogens is 2. The zero-order valence-corrected chi connectivity index (χ0v) is 11.1. The van der Waals surface area contributed by atoms with Crippen LogP contribution in [-0.2, 0) is 17.6 Å². The Morgan fingerprint density at radius 2 is 2.00 bits per heavy atom. The molecule has 0 bridgehead atoms. The summed E-state index contributed by atoms with van der Waals surface area (Å²) < 4.78 is 5.07. The fourth-order valence-corrected chi connectivity index (χ4v) is 1.59. The highest BCUT2D eigenvalue weighted by Gasteiger charge is 2.04. The summed E-state index contributed by atoms with van der Waals surface area (Å²) in [6.07, 6.45) is 3.98. The van der Waals surface area contributed by atoms with Gasteiger partial charge in [-0.05, 0) is 12.8 Å². The molecular formula is C13H23N3O. The maximum absolute atomic E-state index is 5.07. The lowest BCUT2D eigenvalue weighted by molar-refractivity contribution is 0.200. The monoisotopic (exact) mass is 237 g/mol. The minimum atomic E-state index is 0.669. The van der Waals surface area contributed by atoms with Gasteiger partial charge in [-0.25, -0.2) is 9.97 Å². The molecule has 0 atom stereocenters. The number of ether oxygens (including phenoxy) is 1. The molecule has 0 fully saturated rings. The van der Waals surface area contributed by atoms with Crippen molar-refractivity contribution < 1.29 is 4.74 Å². The Bertz CT molecular complexity index is 302. The maximum Gasteiger partial charge on any atom is 0.133 e. The Balaban J connectivity index is 2.76. The smallest absolute Gasteiger partial charge is 0.133 e. The molecule has 1 N–H and O–H groups in total. The van der Waals surface area contributed by atoms with Crippen LogP contribution < -0.4 is 5.32 Å². The number of nitrogens with one attached hydrogen (secondary N) is 1. The highest BCUT2D eigenvalue weighted by Crippen LogP contribution is 2.09. The van der Waals surface area contributed by atoms with E-state index in [0.29, 0.717) is 6.61 Å². The molecule has 1 heterocycles. The van der Waals surface area contributed by atoms with Crippen LogP contribution in [0.1, 0.15) is 38.2 Å². The van der Waals surface area contributed by atoms with Crippen LogP contribution in [0.3, 0.4) is 0 Å². The SMILES string of the molecule is CCCNc1cc(CCC)nc(CCOC)n1. The number of rotatable bonds is 8. The lowest BCUT2D eigenvalue weighted by Crippen LogP contribution is -2.09. The number of hydrogen-bond acceptors (Lipinski definition) is 4. The van der Waals surface area contributed by atoms with Crippen molar-refractivity contribution in [1.29, 1.82) is 0 Å². The zero-order chi connectivity index (χ0) is 12.5. The van der Waals surface area contributed by atoms with E-state index in [-0.39, 0.29) is 0 Å². The molecule has 0 aromatic carbocycles. The average Bonchev–Trinajstić information content (AvgIpc) is 2.34. The van der Waals surface area contributed by atoms with Crippen LogP contribution in [0.5, 0.6) is 0 Å². The van der Waals surface area contributed by atoms with Gasteiger partial charge in [-0.2, -0.15) is 0 Å². The second-order valence-corrected chi connectivity index (χ2v) is 4.08. The van der Waals surface area contributed by atoms with Crippen molar-refractivity contribution in [3.63, 3.8) is 0 Å². The van der Waals surface area contributed by atoms with E-state index in [4.69, 9.17) is 4.74 Å². The van der Waals surface area contributed by atoms with Crippen LogP contribution in [0, 0.1) is 0 Å². The fraction of sp³-hybridized carbons (Fsp3) is 0.692. The Kier molecular flexibility index (Phi) is 6.55. The third-order valence-electron chi connectivity index (χ3n) is 2.42. The van der Waals surface area contributed by atoms with Crippen LogP contribution in [0.2, 0.25) is 0 Å². The van der Waals surface area contributed by atoms with E-state index in [9.17, 15) is 0 Å². The number of hydrogen-bond donors (Lipinski definition) is 1. The maximum atomic E-state index is 5.07. The molecule has 4 heteroatoms. The van der Waals surface area contributed by atoms with Crippen molar-refractivity contribution >= 4 is 5.82 Å². The Labute approximate surface area is 104 Å². The van der Waals surface area contributed by atoms with E-state index in [1.54, 1.807) is 7.11 Å². The molecule has 0 saturated heterocycles. The number of aryl methyl sites for hydroxylation is 1. The number of anilines is 1. The molecule has 0 spiro atoms. The predicted octanol–water partition coefficient (Wildman–Crippen LogP) is 2.44. The van der Waals surface area contributed by atoms with Gasteiger partial charge >= 0.3 is 0 Å². The normalized spacial score (nSPS) is 10.5. The quantitative estimate of drug-likeness (QED) is 0.754. The molecule has 0 aliphatic heterocycles. The van der Waals surface area contributed by atoms with Crippen LogP contribution in [0.4, 0.5) is 5.82 Å². The minimum absolute atomic E-state index is 0.669. The van der Waals surface area contributed by atoms with Crippen molar-refractivity contribution in [2.45, 2.75) is 39.5 Å². The third kappa shape index (κ3) is 5.13. The summed E-state index contributed by atoms with van der Waals surface area (Å²) in [5.41, 5.74) is 1.12. The van der Waals surface area contributed by atoms with Gasteiger partial charge in [0, 0.05) is 31.8 Å². The standard InChI is InChI=1S/C13H23N3O/c1-4-6-11-10-13(14-8-5-2)16-12(15-11)7-9-17-3/h10H,4-9H2,1-3H3,(H,14,15,16). The fourth-order valence-electron chi connectivity index (χ4n) is 1.59. The first-order valence-electron chi connectivity index (χ1n) is 6.39. The van der Waals surface area contributed by atoms with E-state index in [1.807, 2.05) is 0 Å². The van der Waals surface area contributed by atoms with Crippen molar-refractivity contribution in [2.75, 3.05) is 25.6 Å². The lowest BCUT2D eigenvalue weighted by atomic mass is 10.2. The molecule has 1 rings (SSSR count). The lowest BCUT2D eigenvalue weighted by Gasteiger charge is -2.09. The first kappa shape index (κ1) is 13.9. The molecule has 0 unspecified atom stereocenters. The van der Waals surface area contributed by atoms with Crippen molar-refractivity contribution in [2.24, 2.45) is 0 Å². The van der Waals surface area contributed by atoms with Crippen LogP contribution in [0.25, 0.3) is 0 Å². The molecule has 96 valence electrons. The van der Waals surface area contributed by atoms with Gasteiger partial charge in [-0.3, -0.25) is 0 Å². The van der Waals surface area contributed by atoms with E-state index >= 15 is 0 Å². The van der Waals surface area contributed by atoms with E-state index in [1.165, 1.54) is 0 Å². The molecule has 0 radical (unpaired) electrons. The largest absolute Gasteiger partial charge is 0.384 e.